The molecule has 2 N–H and O–H groups in total. The molecule has 1 fully saturated rings. The zero-order chi connectivity index (χ0) is 16.2. The van der Waals surface area contributed by atoms with Crippen molar-refractivity contribution in [2.24, 2.45) is 0 Å². The number of nitrogens with one attached hydrogen (secondary N) is 2. The van der Waals surface area contributed by atoms with Gasteiger partial charge in [-0.1, -0.05) is 0 Å². The quantitative estimate of drug-likeness (QED) is 0.765. The highest BCUT2D eigenvalue weighted by atomic mass is 32.1. The smallest absolute Gasteiger partial charge is 0.222 e. The average Bonchev–Trinajstić information content (AvgIpc) is 3.28. The molecule has 122 valence electrons. The molecule has 0 spiro atoms. The monoisotopic (exact) mass is 332 g/mol. The minimum atomic E-state index is 0.0632. The number of benzene rings is 1. The molecule has 0 aliphatic heterocycles. The van der Waals surface area contributed by atoms with Crippen LogP contribution in [-0.2, 0) is 11.3 Å². The maximum atomic E-state index is 11.9. The molecule has 6 nitrogen and oxygen atoms in total. The molecule has 23 heavy (non-hydrogen) atoms. The third-order valence-electron chi connectivity index (χ3n) is 3.69. The molecule has 1 aromatic carbocycles. The van der Waals surface area contributed by atoms with E-state index in [1.165, 1.54) is 0 Å². The fraction of sp³-hybridized carbons (Fsp3) is 0.438. The van der Waals surface area contributed by atoms with Crippen molar-refractivity contribution in [1.82, 2.24) is 20.1 Å². The van der Waals surface area contributed by atoms with Crippen molar-refractivity contribution in [1.29, 1.82) is 0 Å². The number of rotatable bonds is 7. The second-order valence-electron chi connectivity index (χ2n) is 5.55. The van der Waals surface area contributed by atoms with Gasteiger partial charge in [0.2, 0.25) is 5.91 Å². The molecule has 7 heteroatoms. The van der Waals surface area contributed by atoms with E-state index in [1.54, 1.807) is 0 Å². The summed E-state index contributed by atoms with van der Waals surface area (Å²) in [6.07, 6.45) is 2.58. The summed E-state index contributed by atoms with van der Waals surface area (Å²) < 4.78 is 7.83. The Balaban J connectivity index is 1.72. The Labute approximate surface area is 139 Å². The van der Waals surface area contributed by atoms with E-state index < -0.39 is 0 Å². The van der Waals surface area contributed by atoms with Crippen LogP contribution in [0.4, 0.5) is 0 Å². The lowest BCUT2D eigenvalue weighted by Crippen LogP contribution is -2.26. The number of hydrogen-bond acceptors (Lipinski definition) is 4. The van der Waals surface area contributed by atoms with Crippen LogP contribution in [0.2, 0.25) is 0 Å². The summed E-state index contributed by atoms with van der Waals surface area (Å²) in [5.41, 5.74) is 0.934. The zero-order valence-electron chi connectivity index (χ0n) is 13.0. The molecule has 1 heterocycles. The van der Waals surface area contributed by atoms with Crippen LogP contribution in [0.25, 0.3) is 11.4 Å². The second-order valence-corrected chi connectivity index (χ2v) is 5.94. The van der Waals surface area contributed by atoms with E-state index in [-0.39, 0.29) is 5.91 Å². The molecule has 3 rings (SSSR count). The molecular weight excluding hydrogens is 312 g/mol. The number of carbonyl (C=O) groups is 1. The minimum Gasteiger partial charge on any atom is -0.494 e. The Hall–Kier alpha value is -2.15. The average molecular weight is 332 g/mol. The Morgan fingerprint density at radius 2 is 2.17 bits per heavy atom. The van der Waals surface area contributed by atoms with E-state index in [0.717, 1.165) is 30.0 Å². The maximum Gasteiger partial charge on any atom is 0.222 e. The molecular formula is C16H20N4O2S. The van der Waals surface area contributed by atoms with Gasteiger partial charge in [0.25, 0.3) is 0 Å². The highest BCUT2D eigenvalue weighted by molar-refractivity contribution is 7.71. The summed E-state index contributed by atoms with van der Waals surface area (Å²) in [5, 5.41) is 10.1. The summed E-state index contributed by atoms with van der Waals surface area (Å²) in [5.74, 6) is 1.62. The van der Waals surface area contributed by atoms with Crippen LogP contribution in [0, 0.1) is 4.77 Å². The van der Waals surface area contributed by atoms with Crippen LogP contribution in [-0.4, -0.2) is 33.3 Å². The Bertz CT molecular complexity index is 731. The first-order valence-electron chi connectivity index (χ1n) is 7.85. The molecule has 0 radical (unpaired) electrons. The van der Waals surface area contributed by atoms with Gasteiger partial charge in [0, 0.05) is 24.6 Å². The lowest BCUT2D eigenvalue weighted by Gasteiger charge is -2.08. The van der Waals surface area contributed by atoms with Crippen molar-refractivity contribution in [3.8, 4) is 17.1 Å². The normalized spacial score (nSPS) is 13.8. The van der Waals surface area contributed by atoms with Gasteiger partial charge in [-0.05, 0) is 56.2 Å². The van der Waals surface area contributed by atoms with Crippen LogP contribution in [0.1, 0.15) is 26.2 Å². The van der Waals surface area contributed by atoms with Crippen molar-refractivity contribution in [2.75, 3.05) is 6.61 Å². The lowest BCUT2D eigenvalue weighted by molar-refractivity contribution is -0.121. The van der Waals surface area contributed by atoms with Crippen molar-refractivity contribution in [2.45, 2.75) is 38.8 Å². The molecule has 1 aromatic heterocycles. The lowest BCUT2D eigenvalue weighted by atomic mass is 10.2. The van der Waals surface area contributed by atoms with Crippen LogP contribution >= 0.6 is 12.2 Å². The number of hydrogen-bond donors (Lipinski definition) is 2. The van der Waals surface area contributed by atoms with Gasteiger partial charge in [0.1, 0.15) is 5.75 Å². The second kappa shape index (κ2) is 6.95. The first-order chi connectivity index (χ1) is 11.2. The van der Waals surface area contributed by atoms with Crippen LogP contribution in [0.3, 0.4) is 0 Å². The maximum absolute atomic E-state index is 11.9. The minimum absolute atomic E-state index is 0.0632. The van der Waals surface area contributed by atoms with Crippen LogP contribution < -0.4 is 10.1 Å². The van der Waals surface area contributed by atoms with Crippen molar-refractivity contribution in [3.63, 3.8) is 0 Å². The van der Waals surface area contributed by atoms with Gasteiger partial charge in [-0.3, -0.25) is 14.5 Å². The SMILES string of the molecule is CCOc1ccc(-c2n[nH]c(=S)n2CCC(=O)NC2CC2)cc1. The van der Waals surface area contributed by atoms with Gasteiger partial charge in [0.15, 0.2) is 10.6 Å². The summed E-state index contributed by atoms with van der Waals surface area (Å²) in [4.78, 5) is 11.9. The van der Waals surface area contributed by atoms with Crippen molar-refractivity contribution in [3.05, 3.63) is 29.0 Å². The first kappa shape index (κ1) is 15.7. The number of H-pyrrole nitrogens is 1. The molecule has 1 amide bonds. The number of nitrogens with zero attached hydrogens (tertiary/aromatic N) is 2. The number of carbonyl (C=O) groups excluding carboxylic acids is 1. The Kier molecular flexibility index (Phi) is 4.76. The van der Waals surface area contributed by atoms with Crippen LogP contribution in [0.15, 0.2) is 24.3 Å². The van der Waals surface area contributed by atoms with Gasteiger partial charge in [0.05, 0.1) is 6.61 Å². The van der Waals surface area contributed by atoms with E-state index in [4.69, 9.17) is 17.0 Å². The van der Waals surface area contributed by atoms with Gasteiger partial charge >= 0.3 is 0 Å². The summed E-state index contributed by atoms with van der Waals surface area (Å²) in [6.45, 7) is 3.09. The number of ether oxygens (including phenoxy) is 1. The van der Waals surface area contributed by atoms with Gasteiger partial charge in [-0.25, -0.2) is 0 Å². The molecule has 0 unspecified atom stereocenters. The largest absolute Gasteiger partial charge is 0.494 e. The van der Waals surface area contributed by atoms with E-state index in [9.17, 15) is 4.79 Å². The van der Waals surface area contributed by atoms with Gasteiger partial charge in [-0.2, -0.15) is 5.10 Å². The van der Waals surface area contributed by atoms with E-state index in [1.807, 2.05) is 35.8 Å². The number of aromatic nitrogens is 3. The third-order valence-corrected chi connectivity index (χ3v) is 4.00. The summed E-state index contributed by atoms with van der Waals surface area (Å²) in [7, 11) is 0. The molecule has 1 aliphatic rings. The van der Waals surface area contributed by atoms with Crippen molar-refractivity contribution < 1.29 is 9.53 Å². The van der Waals surface area contributed by atoms with Crippen LogP contribution in [0.5, 0.6) is 5.75 Å². The van der Waals surface area contributed by atoms with Gasteiger partial charge in [-0.15, -0.1) is 0 Å². The fourth-order valence-electron chi connectivity index (χ4n) is 2.35. The van der Waals surface area contributed by atoms with E-state index in [0.29, 0.717) is 30.4 Å². The van der Waals surface area contributed by atoms with E-state index in [2.05, 4.69) is 15.5 Å². The number of aromatic amines is 1. The highest BCUT2D eigenvalue weighted by Crippen LogP contribution is 2.22. The molecule has 1 aliphatic carbocycles. The third kappa shape index (κ3) is 3.98. The Morgan fingerprint density at radius 3 is 2.83 bits per heavy atom. The highest BCUT2D eigenvalue weighted by Gasteiger charge is 2.23. The molecule has 0 atom stereocenters. The topological polar surface area (TPSA) is 71.9 Å². The molecule has 2 aromatic rings. The standard InChI is InChI=1S/C16H20N4O2S/c1-2-22-13-7-3-11(4-8-13)15-18-19-16(23)20(15)10-9-14(21)17-12-5-6-12/h3-4,7-8,12H,2,5-6,9-10H2,1H3,(H,17,21)(H,19,23). The predicted octanol–water partition coefficient (Wildman–Crippen LogP) is 2.68. The molecule has 0 saturated heterocycles. The molecule has 0 bridgehead atoms. The Morgan fingerprint density at radius 1 is 1.43 bits per heavy atom. The molecule has 1 saturated carbocycles. The first-order valence-corrected chi connectivity index (χ1v) is 8.26. The summed E-state index contributed by atoms with van der Waals surface area (Å²) in [6, 6.07) is 8.07. The summed E-state index contributed by atoms with van der Waals surface area (Å²) >= 11 is 5.28. The number of amides is 1. The zero-order valence-corrected chi connectivity index (χ0v) is 13.9. The van der Waals surface area contributed by atoms with Gasteiger partial charge < -0.3 is 10.1 Å². The van der Waals surface area contributed by atoms with Crippen molar-refractivity contribution >= 4 is 18.1 Å². The fourth-order valence-corrected chi connectivity index (χ4v) is 2.58. The van der Waals surface area contributed by atoms with E-state index >= 15 is 0 Å². The predicted molar refractivity (Wildman–Crippen MR) is 89.8 cm³/mol.